The van der Waals surface area contributed by atoms with Crippen molar-refractivity contribution in [1.82, 2.24) is 4.90 Å². The molecule has 0 saturated carbocycles. The van der Waals surface area contributed by atoms with E-state index < -0.39 is 0 Å². The van der Waals surface area contributed by atoms with Gasteiger partial charge in [-0.3, -0.25) is 4.79 Å². The number of nitrogens with zero attached hydrogens (tertiary/aromatic N) is 1. The van der Waals surface area contributed by atoms with Crippen LogP contribution in [0.25, 0.3) is 0 Å². The van der Waals surface area contributed by atoms with E-state index in [0.717, 1.165) is 13.1 Å². The van der Waals surface area contributed by atoms with Crippen LogP contribution in [0.5, 0.6) is 0 Å². The Balaban J connectivity index is 0.00000169. The SMILES string of the molecule is CC[NH+]1C(Cl)CN(CC(C)=O)C1C.[Cl-]. The Labute approximate surface area is 96.8 Å². The van der Waals surface area contributed by atoms with Crippen LogP contribution in [0.3, 0.4) is 0 Å². The van der Waals surface area contributed by atoms with Crippen LogP contribution in [-0.2, 0) is 4.79 Å². The van der Waals surface area contributed by atoms with Gasteiger partial charge in [0.05, 0.1) is 19.6 Å². The van der Waals surface area contributed by atoms with E-state index >= 15 is 0 Å². The lowest BCUT2D eigenvalue weighted by molar-refractivity contribution is -0.925. The van der Waals surface area contributed by atoms with Gasteiger partial charge in [-0.05, 0) is 13.8 Å². The minimum Gasteiger partial charge on any atom is -1.00 e. The number of ketones is 1. The molecule has 14 heavy (non-hydrogen) atoms. The molecule has 1 fully saturated rings. The van der Waals surface area contributed by atoms with Crippen molar-refractivity contribution < 1.29 is 22.1 Å². The minimum atomic E-state index is 0. The number of nitrogens with one attached hydrogen (secondary N) is 1. The molecule has 0 radical (unpaired) electrons. The molecule has 1 heterocycles. The highest BCUT2D eigenvalue weighted by Crippen LogP contribution is 2.05. The number of quaternary nitrogens is 1. The summed E-state index contributed by atoms with van der Waals surface area (Å²) in [7, 11) is 0. The lowest BCUT2D eigenvalue weighted by Gasteiger charge is -2.22. The summed E-state index contributed by atoms with van der Waals surface area (Å²) >= 11 is 6.16. The second-order valence-electron chi connectivity index (χ2n) is 3.70. The number of carbonyl (C=O) groups is 1. The zero-order chi connectivity index (χ0) is 10.0. The fraction of sp³-hybridized carbons (Fsp3) is 0.889. The van der Waals surface area contributed by atoms with Gasteiger partial charge < -0.3 is 17.3 Å². The van der Waals surface area contributed by atoms with Crippen molar-refractivity contribution in [1.29, 1.82) is 0 Å². The molecule has 1 aliphatic rings. The molecule has 0 spiro atoms. The summed E-state index contributed by atoms with van der Waals surface area (Å²) in [5, 5.41) is 0. The van der Waals surface area contributed by atoms with Gasteiger partial charge in [0.2, 0.25) is 0 Å². The summed E-state index contributed by atoms with van der Waals surface area (Å²) in [6.45, 7) is 8.26. The van der Waals surface area contributed by atoms with E-state index in [1.807, 2.05) is 0 Å². The molecule has 84 valence electrons. The van der Waals surface area contributed by atoms with E-state index in [2.05, 4.69) is 18.7 Å². The molecule has 0 aromatic rings. The van der Waals surface area contributed by atoms with Crippen molar-refractivity contribution in [2.45, 2.75) is 32.4 Å². The Hall–Kier alpha value is 0.170. The van der Waals surface area contributed by atoms with E-state index in [1.165, 1.54) is 4.90 Å². The van der Waals surface area contributed by atoms with Gasteiger partial charge in [-0.2, -0.15) is 0 Å². The molecule has 1 rings (SSSR count). The van der Waals surface area contributed by atoms with Crippen LogP contribution in [0.2, 0.25) is 0 Å². The van der Waals surface area contributed by atoms with Gasteiger partial charge in [0.15, 0.2) is 5.50 Å². The third-order valence-electron chi connectivity index (χ3n) is 2.72. The molecule has 0 aromatic heterocycles. The molecule has 0 aromatic carbocycles. The van der Waals surface area contributed by atoms with Gasteiger partial charge in [0.25, 0.3) is 0 Å². The number of rotatable bonds is 3. The normalized spacial score (nSPS) is 32.7. The second-order valence-corrected chi connectivity index (χ2v) is 4.23. The summed E-state index contributed by atoms with van der Waals surface area (Å²) in [6, 6.07) is 0. The lowest BCUT2D eigenvalue weighted by atomic mass is 10.4. The maximum atomic E-state index is 11.0. The molecule has 1 aliphatic heterocycles. The van der Waals surface area contributed by atoms with Crippen LogP contribution in [0.1, 0.15) is 20.8 Å². The topological polar surface area (TPSA) is 24.8 Å². The first-order valence-corrected chi connectivity index (χ1v) is 5.23. The average Bonchev–Trinajstić information content (AvgIpc) is 2.26. The summed E-state index contributed by atoms with van der Waals surface area (Å²) in [4.78, 5) is 14.5. The predicted octanol–water partition coefficient (Wildman–Crippen LogP) is -3.29. The molecule has 3 atom stereocenters. The number of Topliss-reactive ketones (excluding diaryl/α,β-unsaturated/α-hetero) is 1. The van der Waals surface area contributed by atoms with E-state index in [-0.39, 0.29) is 23.7 Å². The molecule has 0 bridgehead atoms. The Morgan fingerprint density at radius 3 is 2.57 bits per heavy atom. The third-order valence-corrected chi connectivity index (χ3v) is 3.13. The van der Waals surface area contributed by atoms with Gasteiger partial charge in [0, 0.05) is 6.92 Å². The van der Waals surface area contributed by atoms with Crippen molar-refractivity contribution in [3.05, 3.63) is 0 Å². The molecule has 5 heteroatoms. The molecule has 0 amide bonds. The average molecular weight is 241 g/mol. The molecule has 1 N–H and O–H groups in total. The maximum Gasteiger partial charge on any atom is 0.177 e. The zero-order valence-electron chi connectivity index (χ0n) is 8.89. The van der Waals surface area contributed by atoms with Crippen LogP contribution in [-0.4, -0.2) is 42.0 Å². The number of alkyl halides is 1. The Morgan fingerprint density at radius 1 is 1.64 bits per heavy atom. The van der Waals surface area contributed by atoms with Crippen LogP contribution in [0.15, 0.2) is 0 Å². The fourth-order valence-corrected chi connectivity index (χ4v) is 2.50. The molecule has 3 unspecified atom stereocenters. The fourth-order valence-electron chi connectivity index (χ4n) is 1.98. The van der Waals surface area contributed by atoms with E-state index in [9.17, 15) is 4.79 Å². The van der Waals surface area contributed by atoms with Crippen molar-refractivity contribution in [3.8, 4) is 0 Å². The summed E-state index contributed by atoms with van der Waals surface area (Å²) in [5.41, 5.74) is 0.138. The highest BCUT2D eigenvalue weighted by molar-refractivity contribution is 6.19. The largest absolute Gasteiger partial charge is 1.00 e. The number of halogens is 2. The minimum absolute atomic E-state index is 0. The highest BCUT2D eigenvalue weighted by Gasteiger charge is 2.38. The molecule has 0 aliphatic carbocycles. The van der Waals surface area contributed by atoms with Gasteiger partial charge in [-0.15, -0.1) is 0 Å². The number of hydrogen-bond donors (Lipinski definition) is 1. The molecular weight excluding hydrogens is 223 g/mol. The number of hydrogen-bond acceptors (Lipinski definition) is 2. The Morgan fingerprint density at radius 2 is 2.21 bits per heavy atom. The van der Waals surface area contributed by atoms with Crippen LogP contribution >= 0.6 is 11.6 Å². The van der Waals surface area contributed by atoms with Crippen molar-refractivity contribution in [3.63, 3.8) is 0 Å². The maximum absolute atomic E-state index is 11.0. The van der Waals surface area contributed by atoms with E-state index in [0.29, 0.717) is 12.7 Å². The van der Waals surface area contributed by atoms with Gasteiger partial charge in [-0.1, -0.05) is 11.6 Å². The van der Waals surface area contributed by atoms with Crippen molar-refractivity contribution in [2.75, 3.05) is 19.6 Å². The smallest absolute Gasteiger partial charge is 0.177 e. The first-order chi connectivity index (χ1) is 6.06. The van der Waals surface area contributed by atoms with E-state index in [4.69, 9.17) is 11.6 Å². The quantitative estimate of drug-likeness (QED) is 0.414. The van der Waals surface area contributed by atoms with E-state index in [1.54, 1.807) is 6.92 Å². The standard InChI is InChI=1S/C9H17ClN2O.ClH/c1-4-12-8(3)11(5-7(2)13)6-9(12)10;/h8-9H,4-6H2,1-3H3;1H. The molecule has 3 nitrogen and oxygen atoms in total. The van der Waals surface area contributed by atoms with Crippen LogP contribution in [0.4, 0.5) is 0 Å². The summed E-state index contributed by atoms with van der Waals surface area (Å²) < 4.78 is 0. The van der Waals surface area contributed by atoms with Crippen LogP contribution < -0.4 is 17.3 Å². The Bertz CT molecular complexity index is 201. The summed E-state index contributed by atoms with van der Waals surface area (Å²) in [5.74, 6) is 0.216. The number of carbonyl (C=O) groups excluding carboxylic acids is 1. The first kappa shape index (κ1) is 14.2. The monoisotopic (exact) mass is 240 g/mol. The van der Waals surface area contributed by atoms with Crippen molar-refractivity contribution >= 4 is 17.4 Å². The van der Waals surface area contributed by atoms with Gasteiger partial charge in [-0.25, -0.2) is 4.90 Å². The zero-order valence-corrected chi connectivity index (χ0v) is 10.4. The van der Waals surface area contributed by atoms with Gasteiger partial charge in [0.1, 0.15) is 11.9 Å². The Kier molecular flexibility index (Phi) is 5.98. The highest BCUT2D eigenvalue weighted by atomic mass is 35.5. The van der Waals surface area contributed by atoms with Crippen molar-refractivity contribution in [2.24, 2.45) is 0 Å². The number of likely N-dealkylation sites (N-methyl/N-ethyl adjacent to an activating group) is 1. The predicted molar refractivity (Wildman–Crippen MR) is 52.9 cm³/mol. The summed E-state index contributed by atoms with van der Waals surface area (Å²) in [6.07, 6.45) is 0.372. The van der Waals surface area contributed by atoms with Gasteiger partial charge >= 0.3 is 0 Å². The second kappa shape index (κ2) is 5.91. The lowest BCUT2D eigenvalue weighted by Crippen LogP contribution is -3.16. The molecule has 1 saturated heterocycles. The third kappa shape index (κ3) is 3.09. The molecular formula is C9H18Cl2N2O. The van der Waals surface area contributed by atoms with Crippen LogP contribution in [0, 0.1) is 0 Å². The first-order valence-electron chi connectivity index (χ1n) is 4.79.